The predicted octanol–water partition coefficient (Wildman–Crippen LogP) is 1.36. The second-order valence-corrected chi connectivity index (χ2v) is 4.09. The Morgan fingerprint density at radius 1 is 1.65 bits per heavy atom. The number of aromatic nitrogens is 2. The summed E-state index contributed by atoms with van der Waals surface area (Å²) in [6.45, 7) is 0.474. The van der Waals surface area contributed by atoms with Crippen LogP contribution in [-0.2, 0) is 11.3 Å². The minimum Gasteiger partial charge on any atom is -0.383 e. The van der Waals surface area contributed by atoms with Crippen molar-refractivity contribution in [3.63, 3.8) is 0 Å². The summed E-state index contributed by atoms with van der Waals surface area (Å²) < 4.78 is 44.4. The van der Waals surface area contributed by atoms with Gasteiger partial charge in [0, 0.05) is 7.11 Å². The number of nitrogens with two attached hydrogens (primary N) is 1. The first-order chi connectivity index (χ1) is 7.91. The van der Waals surface area contributed by atoms with Gasteiger partial charge in [-0.25, -0.2) is 5.43 Å². The molecule has 0 spiro atoms. The summed E-state index contributed by atoms with van der Waals surface area (Å²) in [6.07, 6.45) is -3.21. The fourth-order valence-electron chi connectivity index (χ4n) is 1.34. The van der Waals surface area contributed by atoms with Gasteiger partial charge in [-0.1, -0.05) is 0 Å². The molecule has 0 bridgehead atoms. The molecule has 0 aliphatic carbocycles. The average Bonchev–Trinajstić information content (AvgIpc) is 2.57. The zero-order valence-electron chi connectivity index (χ0n) is 8.96. The lowest BCUT2D eigenvalue weighted by atomic mass is 10.2. The third kappa shape index (κ3) is 3.41. The number of methoxy groups -OCH3 is 1. The number of nitrogens with zero attached hydrogens (tertiary/aromatic N) is 2. The van der Waals surface area contributed by atoms with Gasteiger partial charge in [0.1, 0.15) is 0 Å². The first-order valence-electron chi connectivity index (χ1n) is 4.64. The van der Waals surface area contributed by atoms with Crippen molar-refractivity contribution in [3.05, 3.63) is 16.4 Å². The lowest BCUT2D eigenvalue weighted by Crippen LogP contribution is -2.40. The second kappa shape index (κ2) is 5.80. The maximum Gasteiger partial charge on any atom is 0.410 e. The minimum absolute atomic E-state index is 0.0722. The van der Waals surface area contributed by atoms with Crippen LogP contribution in [0.15, 0.2) is 10.7 Å². The van der Waals surface area contributed by atoms with Gasteiger partial charge < -0.3 is 4.74 Å². The molecule has 17 heavy (non-hydrogen) atoms. The van der Waals surface area contributed by atoms with Crippen LogP contribution in [-0.4, -0.2) is 29.7 Å². The topological polar surface area (TPSA) is 65.1 Å². The van der Waals surface area contributed by atoms with Crippen molar-refractivity contribution >= 4 is 15.9 Å². The number of hydrogen-bond donors (Lipinski definition) is 2. The summed E-state index contributed by atoms with van der Waals surface area (Å²) in [4.78, 5) is 0. The fourth-order valence-corrected chi connectivity index (χ4v) is 1.87. The Hall–Kier alpha value is -0.640. The average molecular weight is 317 g/mol. The normalized spacial score (nSPS) is 14.0. The molecule has 5 nitrogen and oxygen atoms in total. The Bertz CT molecular complexity index is 368. The maximum absolute atomic E-state index is 12.7. The number of hydrazine groups is 1. The monoisotopic (exact) mass is 316 g/mol. The van der Waals surface area contributed by atoms with E-state index in [1.54, 1.807) is 5.43 Å². The standard InChI is InChI=1S/C8H12BrF3N4O/c1-17-3-2-16-6(5(9)4-14-16)7(15-13)8(10,11)12/h4,7,15H,2-3,13H2,1H3. The zero-order chi connectivity index (χ0) is 13.1. The van der Waals surface area contributed by atoms with Crippen molar-refractivity contribution in [2.75, 3.05) is 13.7 Å². The van der Waals surface area contributed by atoms with Crippen molar-refractivity contribution in [1.82, 2.24) is 15.2 Å². The van der Waals surface area contributed by atoms with Crippen molar-refractivity contribution in [1.29, 1.82) is 0 Å². The molecule has 1 rings (SSSR count). The number of alkyl halides is 3. The first-order valence-corrected chi connectivity index (χ1v) is 5.44. The molecule has 1 atom stereocenters. The van der Waals surface area contributed by atoms with E-state index in [9.17, 15) is 13.2 Å². The van der Waals surface area contributed by atoms with Crippen molar-refractivity contribution in [2.45, 2.75) is 18.8 Å². The highest BCUT2D eigenvalue weighted by molar-refractivity contribution is 9.10. The van der Waals surface area contributed by atoms with Crippen molar-refractivity contribution in [2.24, 2.45) is 5.84 Å². The number of ether oxygens (including phenoxy) is 1. The number of rotatable bonds is 5. The van der Waals surface area contributed by atoms with Crippen LogP contribution >= 0.6 is 15.9 Å². The summed E-state index contributed by atoms with van der Waals surface area (Å²) in [5.41, 5.74) is 1.67. The molecule has 0 aliphatic rings. The molecule has 1 unspecified atom stereocenters. The van der Waals surface area contributed by atoms with E-state index < -0.39 is 12.2 Å². The summed E-state index contributed by atoms with van der Waals surface area (Å²) in [5, 5.41) is 3.83. The Morgan fingerprint density at radius 3 is 2.76 bits per heavy atom. The van der Waals surface area contributed by atoms with E-state index in [1.165, 1.54) is 18.0 Å². The Labute approximate surface area is 104 Å². The molecule has 98 valence electrons. The van der Waals surface area contributed by atoms with Gasteiger partial charge in [0.25, 0.3) is 0 Å². The minimum atomic E-state index is -4.50. The van der Waals surface area contributed by atoms with E-state index in [-0.39, 0.29) is 23.3 Å². The molecular weight excluding hydrogens is 305 g/mol. The van der Waals surface area contributed by atoms with Crippen LogP contribution in [0.1, 0.15) is 11.7 Å². The van der Waals surface area contributed by atoms with E-state index in [2.05, 4.69) is 21.0 Å². The quantitative estimate of drug-likeness (QED) is 0.636. The smallest absolute Gasteiger partial charge is 0.383 e. The lowest BCUT2D eigenvalue weighted by molar-refractivity contribution is -0.159. The molecular formula is C8H12BrF3N4O. The summed E-state index contributed by atoms with van der Waals surface area (Å²) in [5.74, 6) is 4.95. The van der Waals surface area contributed by atoms with E-state index >= 15 is 0 Å². The second-order valence-electron chi connectivity index (χ2n) is 3.23. The maximum atomic E-state index is 12.7. The van der Waals surface area contributed by atoms with E-state index in [1.807, 2.05) is 0 Å². The molecule has 0 saturated carbocycles. The Kier molecular flexibility index (Phi) is 4.92. The molecule has 1 heterocycles. The molecule has 0 fully saturated rings. The predicted molar refractivity (Wildman–Crippen MR) is 57.9 cm³/mol. The molecule has 0 radical (unpaired) electrons. The Balaban J connectivity index is 3.05. The molecule has 0 aliphatic heterocycles. The highest BCUT2D eigenvalue weighted by Gasteiger charge is 2.43. The van der Waals surface area contributed by atoms with Gasteiger partial charge in [-0.15, -0.1) is 0 Å². The van der Waals surface area contributed by atoms with E-state index in [4.69, 9.17) is 10.6 Å². The molecule has 9 heteroatoms. The van der Waals surface area contributed by atoms with Crippen LogP contribution < -0.4 is 11.3 Å². The Morgan fingerprint density at radius 2 is 2.29 bits per heavy atom. The number of halogens is 4. The van der Waals surface area contributed by atoms with Gasteiger partial charge in [0.05, 0.1) is 29.5 Å². The van der Waals surface area contributed by atoms with Crippen LogP contribution in [0.25, 0.3) is 0 Å². The fraction of sp³-hybridized carbons (Fsp3) is 0.625. The third-order valence-electron chi connectivity index (χ3n) is 2.11. The van der Waals surface area contributed by atoms with Gasteiger partial charge in [0.15, 0.2) is 6.04 Å². The van der Waals surface area contributed by atoms with Crippen LogP contribution in [0.5, 0.6) is 0 Å². The van der Waals surface area contributed by atoms with Crippen LogP contribution in [0.4, 0.5) is 13.2 Å². The van der Waals surface area contributed by atoms with Crippen molar-refractivity contribution in [3.8, 4) is 0 Å². The lowest BCUT2D eigenvalue weighted by Gasteiger charge is -2.21. The van der Waals surface area contributed by atoms with Gasteiger partial charge >= 0.3 is 6.18 Å². The van der Waals surface area contributed by atoms with Crippen LogP contribution in [0.2, 0.25) is 0 Å². The summed E-state index contributed by atoms with van der Waals surface area (Å²) >= 11 is 3.02. The highest BCUT2D eigenvalue weighted by Crippen LogP contribution is 2.35. The molecule has 0 saturated heterocycles. The molecule has 0 aromatic carbocycles. The molecule has 1 aromatic rings. The molecule has 0 amide bonds. The number of hydrogen-bond acceptors (Lipinski definition) is 4. The van der Waals surface area contributed by atoms with Gasteiger partial charge in [-0.2, -0.15) is 18.3 Å². The SMILES string of the molecule is COCCn1ncc(Br)c1C(NN)C(F)(F)F. The van der Waals surface area contributed by atoms with Crippen LogP contribution in [0.3, 0.4) is 0 Å². The van der Waals surface area contributed by atoms with Crippen molar-refractivity contribution < 1.29 is 17.9 Å². The van der Waals surface area contributed by atoms with Gasteiger partial charge in [-0.3, -0.25) is 10.5 Å². The summed E-state index contributed by atoms with van der Waals surface area (Å²) in [6, 6.07) is -1.98. The molecule has 1 aromatic heterocycles. The molecule has 3 N–H and O–H groups in total. The van der Waals surface area contributed by atoms with Gasteiger partial charge in [-0.05, 0) is 15.9 Å². The number of nitrogens with one attached hydrogen (secondary N) is 1. The highest BCUT2D eigenvalue weighted by atomic mass is 79.9. The zero-order valence-corrected chi connectivity index (χ0v) is 10.5. The van der Waals surface area contributed by atoms with E-state index in [0.717, 1.165) is 0 Å². The largest absolute Gasteiger partial charge is 0.410 e. The third-order valence-corrected chi connectivity index (χ3v) is 2.72. The first kappa shape index (κ1) is 14.4. The summed E-state index contributed by atoms with van der Waals surface area (Å²) in [7, 11) is 1.46. The van der Waals surface area contributed by atoms with Gasteiger partial charge in [0.2, 0.25) is 0 Å². The van der Waals surface area contributed by atoms with Crippen LogP contribution in [0, 0.1) is 0 Å². The van der Waals surface area contributed by atoms with E-state index in [0.29, 0.717) is 0 Å².